The molecule has 0 saturated heterocycles. The lowest BCUT2D eigenvalue weighted by Gasteiger charge is -2.09. The van der Waals surface area contributed by atoms with Crippen LogP contribution in [0.3, 0.4) is 0 Å². The first-order valence-electron chi connectivity index (χ1n) is 8.18. The number of rotatable bonds is 7. The molecule has 0 aliphatic heterocycles. The number of amides is 1. The third-order valence-electron chi connectivity index (χ3n) is 3.80. The topological polar surface area (TPSA) is 104 Å². The van der Waals surface area contributed by atoms with Crippen LogP contribution in [0.2, 0.25) is 0 Å². The van der Waals surface area contributed by atoms with Crippen molar-refractivity contribution in [3.8, 4) is 11.5 Å². The van der Waals surface area contributed by atoms with Gasteiger partial charge in [-0.3, -0.25) is 14.9 Å². The third kappa shape index (κ3) is 4.96. The number of nitrogens with one attached hydrogen (secondary N) is 1. The molecule has 0 aliphatic carbocycles. The van der Waals surface area contributed by atoms with Crippen molar-refractivity contribution in [3.05, 3.63) is 79.1 Å². The van der Waals surface area contributed by atoms with E-state index in [1.165, 1.54) is 18.2 Å². The Morgan fingerprint density at radius 1 is 1.14 bits per heavy atom. The van der Waals surface area contributed by atoms with Crippen molar-refractivity contribution in [2.75, 3.05) is 12.4 Å². The molecular weight excluding hydrogens is 512 g/mol. The van der Waals surface area contributed by atoms with Crippen LogP contribution in [-0.2, 0) is 6.61 Å². The summed E-state index contributed by atoms with van der Waals surface area (Å²) in [6.45, 7) is 0.110. The molecule has 0 saturated carbocycles. The van der Waals surface area contributed by atoms with Gasteiger partial charge < -0.3 is 19.2 Å². The molecule has 29 heavy (non-hydrogen) atoms. The fourth-order valence-electron chi connectivity index (χ4n) is 2.42. The van der Waals surface area contributed by atoms with Gasteiger partial charge in [-0.15, -0.1) is 0 Å². The number of nitro groups is 1. The van der Waals surface area contributed by atoms with Gasteiger partial charge >= 0.3 is 0 Å². The highest BCUT2D eigenvalue weighted by Gasteiger charge is 2.18. The number of nitro benzene ring substituents is 1. The number of hydrogen-bond donors (Lipinski definition) is 1. The largest absolute Gasteiger partial charge is 0.493 e. The molecule has 0 unspecified atom stereocenters. The molecule has 2 aromatic carbocycles. The molecule has 0 bridgehead atoms. The summed E-state index contributed by atoms with van der Waals surface area (Å²) in [6, 6.07) is 12.9. The number of hydrogen-bond acceptors (Lipinski definition) is 6. The van der Waals surface area contributed by atoms with Crippen molar-refractivity contribution < 1.29 is 23.6 Å². The fraction of sp³-hybridized carbons (Fsp3) is 0.105. The summed E-state index contributed by atoms with van der Waals surface area (Å²) in [5.41, 5.74) is 0.236. The Morgan fingerprint density at radius 3 is 2.41 bits per heavy atom. The van der Waals surface area contributed by atoms with Gasteiger partial charge in [0.15, 0.2) is 17.3 Å². The standard InChI is InChI=1S/C19H14Br2N2O6/c1-27-15-4-2-3-5-16(15)28-10-12-6-7-17(29-12)19(24)22-18-13(20)8-11(23(25)26)9-14(18)21/h2-9H,10H2,1H3,(H,22,24). The summed E-state index contributed by atoms with van der Waals surface area (Å²) in [4.78, 5) is 22.9. The van der Waals surface area contributed by atoms with E-state index in [0.29, 0.717) is 31.9 Å². The minimum Gasteiger partial charge on any atom is -0.493 e. The molecule has 0 aliphatic rings. The zero-order valence-electron chi connectivity index (χ0n) is 15.0. The number of anilines is 1. The van der Waals surface area contributed by atoms with Gasteiger partial charge in [0.25, 0.3) is 11.6 Å². The highest BCUT2D eigenvalue weighted by atomic mass is 79.9. The first kappa shape index (κ1) is 20.9. The number of nitrogens with zero attached hydrogens (tertiary/aromatic N) is 1. The SMILES string of the molecule is COc1ccccc1OCc1ccc(C(=O)Nc2c(Br)cc([N+](=O)[O-])cc2Br)o1. The molecule has 1 aromatic heterocycles. The van der Waals surface area contributed by atoms with Gasteiger partial charge in [0.2, 0.25) is 0 Å². The van der Waals surface area contributed by atoms with E-state index in [1.807, 2.05) is 12.1 Å². The second kappa shape index (κ2) is 9.10. The Hall–Kier alpha value is -2.85. The van der Waals surface area contributed by atoms with Crippen molar-refractivity contribution >= 4 is 49.1 Å². The van der Waals surface area contributed by atoms with E-state index in [-0.39, 0.29) is 18.1 Å². The van der Waals surface area contributed by atoms with E-state index >= 15 is 0 Å². The van der Waals surface area contributed by atoms with Crippen molar-refractivity contribution in [2.24, 2.45) is 0 Å². The van der Waals surface area contributed by atoms with E-state index in [4.69, 9.17) is 13.9 Å². The van der Waals surface area contributed by atoms with Gasteiger partial charge in [0, 0.05) is 21.1 Å². The lowest BCUT2D eigenvalue weighted by atomic mass is 10.2. The van der Waals surface area contributed by atoms with Crippen molar-refractivity contribution in [2.45, 2.75) is 6.61 Å². The number of halogens is 2. The quantitative estimate of drug-likeness (QED) is 0.320. The molecule has 8 nitrogen and oxygen atoms in total. The molecule has 0 fully saturated rings. The summed E-state index contributed by atoms with van der Waals surface area (Å²) in [5.74, 6) is 1.15. The van der Waals surface area contributed by atoms with Crippen molar-refractivity contribution in [1.82, 2.24) is 0 Å². The van der Waals surface area contributed by atoms with Crippen LogP contribution in [-0.4, -0.2) is 17.9 Å². The van der Waals surface area contributed by atoms with Crippen LogP contribution >= 0.6 is 31.9 Å². The minimum absolute atomic E-state index is 0.0702. The van der Waals surface area contributed by atoms with Crippen LogP contribution in [0, 0.1) is 10.1 Å². The zero-order valence-corrected chi connectivity index (χ0v) is 18.2. The van der Waals surface area contributed by atoms with E-state index in [2.05, 4.69) is 37.2 Å². The normalized spacial score (nSPS) is 10.4. The van der Waals surface area contributed by atoms with Crippen molar-refractivity contribution in [3.63, 3.8) is 0 Å². The molecular formula is C19H14Br2N2O6. The second-order valence-corrected chi connectivity index (χ2v) is 7.41. The Morgan fingerprint density at radius 2 is 1.79 bits per heavy atom. The number of non-ortho nitro benzene ring substituents is 1. The first-order valence-corrected chi connectivity index (χ1v) is 9.77. The molecule has 3 rings (SSSR count). The van der Waals surface area contributed by atoms with E-state index in [0.717, 1.165) is 0 Å². The first-order chi connectivity index (χ1) is 13.9. The van der Waals surface area contributed by atoms with Crippen LogP contribution in [0.4, 0.5) is 11.4 Å². The predicted octanol–water partition coefficient (Wildman–Crippen LogP) is 5.55. The lowest BCUT2D eigenvalue weighted by molar-refractivity contribution is -0.385. The molecule has 150 valence electrons. The number of ether oxygens (including phenoxy) is 2. The fourth-order valence-corrected chi connectivity index (χ4v) is 3.78. The maximum atomic E-state index is 12.5. The number of carbonyl (C=O) groups is 1. The Kier molecular flexibility index (Phi) is 6.55. The summed E-state index contributed by atoms with van der Waals surface area (Å²) in [5, 5.41) is 13.6. The summed E-state index contributed by atoms with van der Waals surface area (Å²) >= 11 is 6.45. The van der Waals surface area contributed by atoms with Gasteiger partial charge in [-0.2, -0.15) is 0 Å². The molecule has 1 N–H and O–H groups in total. The van der Waals surface area contributed by atoms with Gasteiger partial charge in [-0.1, -0.05) is 12.1 Å². The number of benzene rings is 2. The smallest absolute Gasteiger partial charge is 0.291 e. The Bertz CT molecular complexity index is 1040. The number of para-hydroxylation sites is 2. The molecule has 1 heterocycles. The maximum absolute atomic E-state index is 12.5. The predicted molar refractivity (Wildman–Crippen MR) is 112 cm³/mol. The van der Waals surface area contributed by atoms with E-state index < -0.39 is 10.8 Å². The Balaban J connectivity index is 1.69. The summed E-state index contributed by atoms with van der Waals surface area (Å²) in [7, 11) is 1.55. The van der Waals surface area contributed by atoms with Crippen LogP contribution in [0.15, 0.2) is 61.9 Å². The molecule has 3 aromatic rings. The van der Waals surface area contributed by atoms with Crippen LogP contribution in [0.25, 0.3) is 0 Å². The number of furan rings is 1. The summed E-state index contributed by atoms with van der Waals surface area (Å²) in [6.07, 6.45) is 0. The second-order valence-electron chi connectivity index (χ2n) is 5.70. The third-order valence-corrected chi connectivity index (χ3v) is 5.05. The maximum Gasteiger partial charge on any atom is 0.291 e. The van der Waals surface area contributed by atoms with Gasteiger partial charge in [-0.25, -0.2) is 0 Å². The average molecular weight is 526 g/mol. The highest BCUT2D eigenvalue weighted by molar-refractivity contribution is 9.11. The van der Waals surface area contributed by atoms with Gasteiger partial charge in [0.05, 0.1) is 17.7 Å². The van der Waals surface area contributed by atoms with E-state index in [9.17, 15) is 14.9 Å². The molecule has 0 radical (unpaired) electrons. The van der Waals surface area contributed by atoms with Gasteiger partial charge in [-0.05, 0) is 56.1 Å². The monoisotopic (exact) mass is 524 g/mol. The van der Waals surface area contributed by atoms with Crippen LogP contribution in [0.5, 0.6) is 11.5 Å². The zero-order chi connectivity index (χ0) is 21.0. The van der Waals surface area contributed by atoms with Crippen LogP contribution < -0.4 is 14.8 Å². The minimum atomic E-state index is -0.526. The van der Waals surface area contributed by atoms with E-state index in [1.54, 1.807) is 25.3 Å². The molecule has 10 heteroatoms. The molecule has 1 amide bonds. The van der Waals surface area contributed by atoms with Gasteiger partial charge in [0.1, 0.15) is 12.4 Å². The van der Waals surface area contributed by atoms with Crippen molar-refractivity contribution in [1.29, 1.82) is 0 Å². The Labute approximate surface area is 182 Å². The number of methoxy groups -OCH3 is 1. The molecule has 0 atom stereocenters. The summed E-state index contributed by atoms with van der Waals surface area (Å²) < 4.78 is 17.1. The average Bonchev–Trinajstić information content (AvgIpc) is 3.18. The van der Waals surface area contributed by atoms with Crippen LogP contribution in [0.1, 0.15) is 16.3 Å². The molecule has 0 spiro atoms. The number of carbonyl (C=O) groups excluding carboxylic acids is 1. The lowest BCUT2D eigenvalue weighted by Crippen LogP contribution is -2.12. The highest BCUT2D eigenvalue weighted by Crippen LogP contribution is 2.35.